The number of rotatable bonds is 6. The molecule has 0 amide bonds. The Morgan fingerprint density at radius 3 is 2.89 bits per heavy atom. The Labute approximate surface area is 109 Å². The van der Waals surface area contributed by atoms with Crippen molar-refractivity contribution < 1.29 is 0 Å². The summed E-state index contributed by atoms with van der Waals surface area (Å²) in [6.07, 6.45) is 5.49. The van der Waals surface area contributed by atoms with E-state index < -0.39 is 0 Å². The maximum absolute atomic E-state index is 4.40. The topological polar surface area (TPSA) is 29.9 Å². The first-order valence-electron chi connectivity index (χ1n) is 6.80. The van der Waals surface area contributed by atoms with Gasteiger partial charge in [0, 0.05) is 13.1 Å². The molecule has 0 radical (unpaired) electrons. The van der Waals surface area contributed by atoms with Gasteiger partial charge in [-0.2, -0.15) is 0 Å². The molecule has 0 aliphatic carbocycles. The van der Waals surface area contributed by atoms with Crippen molar-refractivity contribution in [3.05, 3.63) is 30.1 Å². The van der Waals surface area contributed by atoms with E-state index in [1.165, 1.54) is 23.9 Å². The number of benzene rings is 1. The predicted molar refractivity (Wildman–Crippen MR) is 76.8 cm³/mol. The highest BCUT2D eigenvalue weighted by molar-refractivity contribution is 5.75. The first-order valence-corrected chi connectivity index (χ1v) is 6.80. The standard InChI is InChI=1S/C15H23N3/c1-12(2)16-9-5-4-6-13-7-8-15-14(10-13)17-11-18(15)3/h7-8,10-12,16H,4-6,9H2,1-3H3. The summed E-state index contributed by atoms with van der Waals surface area (Å²) in [5, 5.41) is 3.45. The number of fused-ring (bicyclic) bond motifs is 1. The average molecular weight is 245 g/mol. The van der Waals surface area contributed by atoms with Crippen molar-refractivity contribution >= 4 is 11.0 Å². The first-order chi connectivity index (χ1) is 8.66. The van der Waals surface area contributed by atoms with Gasteiger partial charge in [-0.05, 0) is 43.5 Å². The normalized spacial score (nSPS) is 11.6. The third kappa shape index (κ3) is 3.33. The summed E-state index contributed by atoms with van der Waals surface area (Å²) in [5.41, 5.74) is 3.71. The number of aryl methyl sites for hydroxylation is 2. The summed E-state index contributed by atoms with van der Waals surface area (Å²) < 4.78 is 2.06. The lowest BCUT2D eigenvalue weighted by Gasteiger charge is -2.07. The Morgan fingerprint density at radius 2 is 2.11 bits per heavy atom. The van der Waals surface area contributed by atoms with Crippen LogP contribution in [0, 0.1) is 0 Å². The molecule has 0 bridgehead atoms. The largest absolute Gasteiger partial charge is 0.334 e. The minimum atomic E-state index is 0.592. The lowest BCUT2D eigenvalue weighted by Crippen LogP contribution is -2.23. The molecule has 0 atom stereocenters. The second-order valence-electron chi connectivity index (χ2n) is 5.24. The summed E-state index contributed by atoms with van der Waals surface area (Å²) in [5.74, 6) is 0. The van der Waals surface area contributed by atoms with Gasteiger partial charge in [0.1, 0.15) is 0 Å². The van der Waals surface area contributed by atoms with Crippen LogP contribution >= 0.6 is 0 Å². The number of unbranched alkanes of at least 4 members (excludes halogenated alkanes) is 1. The molecule has 0 saturated heterocycles. The van der Waals surface area contributed by atoms with Crippen LogP contribution in [0.25, 0.3) is 11.0 Å². The number of nitrogens with one attached hydrogen (secondary N) is 1. The molecule has 2 aromatic rings. The fourth-order valence-corrected chi connectivity index (χ4v) is 2.18. The second kappa shape index (κ2) is 6.01. The van der Waals surface area contributed by atoms with Crippen LogP contribution in [0.2, 0.25) is 0 Å². The van der Waals surface area contributed by atoms with Gasteiger partial charge in [0.25, 0.3) is 0 Å². The SMILES string of the molecule is CC(C)NCCCCc1ccc2c(c1)ncn2C. The van der Waals surface area contributed by atoms with Crippen LogP contribution in [0.5, 0.6) is 0 Å². The van der Waals surface area contributed by atoms with Crippen molar-refractivity contribution in [1.82, 2.24) is 14.9 Å². The Kier molecular flexibility index (Phi) is 4.37. The molecule has 1 N–H and O–H groups in total. The number of hydrogen-bond acceptors (Lipinski definition) is 2. The van der Waals surface area contributed by atoms with E-state index in [0.717, 1.165) is 18.5 Å². The molecular weight excluding hydrogens is 222 g/mol. The number of aromatic nitrogens is 2. The first kappa shape index (κ1) is 13.1. The van der Waals surface area contributed by atoms with E-state index >= 15 is 0 Å². The van der Waals surface area contributed by atoms with E-state index in [1.807, 2.05) is 13.4 Å². The Bertz CT molecular complexity index is 499. The zero-order chi connectivity index (χ0) is 13.0. The predicted octanol–water partition coefficient (Wildman–Crippen LogP) is 2.89. The van der Waals surface area contributed by atoms with Crippen molar-refractivity contribution in [2.75, 3.05) is 6.54 Å². The molecule has 0 spiro atoms. The van der Waals surface area contributed by atoms with E-state index in [0.29, 0.717) is 6.04 Å². The molecule has 1 aromatic heterocycles. The summed E-state index contributed by atoms with van der Waals surface area (Å²) in [6.45, 7) is 5.49. The van der Waals surface area contributed by atoms with E-state index in [9.17, 15) is 0 Å². The monoisotopic (exact) mass is 245 g/mol. The molecule has 0 aliphatic rings. The van der Waals surface area contributed by atoms with Crippen LogP contribution in [-0.4, -0.2) is 22.1 Å². The minimum absolute atomic E-state index is 0.592. The quantitative estimate of drug-likeness (QED) is 0.793. The van der Waals surface area contributed by atoms with Gasteiger partial charge in [0.05, 0.1) is 17.4 Å². The van der Waals surface area contributed by atoms with Gasteiger partial charge in [0.2, 0.25) is 0 Å². The van der Waals surface area contributed by atoms with Gasteiger partial charge in [-0.25, -0.2) is 4.98 Å². The molecular formula is C15H23N3. The van der Waals surface area contributed by atoms with Crippen molar-refractivity contribution in [2.24, 2.45) is 7.05 Å². The highest BCUT2D eigenvalue weighted by Crippen LogP contribution is 2.15. The Hall–Kier alpha value is -1.35. The van der Waals surface area contributed by atoms with Crippen LogP contribution in [0.15, 0.2) is 24.5 Å². The third-order valence-electron chi connectivity index (χ3n) is 3.23. The molecule has 98 valence electrons. The molecule has 18 heavy (non-hydrogen) atoms. The maximum Gasteiger partial charge on any atom is 0.0955 e. The number of imidazole rings is 1. The van der Waals surface area contributed by atoms with Crippen molar-refractivity contribution in [3.8, 4) is 0 Å². The number of nitrogens with zero attached hydrogens (tertiary/aromatic N) is 2. The lowest BCUT2D eigenvalue weighted by molar-refractivity contribution is 0.557. The zero-order valence-corrected chi connectivity index (χ0v) is 11.6. The van der Waals surface area contributed by atoms with E-state index in [1.54, 1.807) is 0 Å². The van der Waals surface area contributed by atoms with Crippen LogP contribution in [0.4, 0.5) is 0 Å². The van der Waals surface area contributed by atoms with Crippen LogP contribution in [-0.2, 0) is 13.5 Å². The molecule has 0 fully saturated rings. The van der Waals surface area contributed by atoms with Gasteiger partial charge in [-0.3, -0.25) is 0 Å². The van der Waals surface area contributed by atoms with Crippen molar-refractivity contribution in [1.29, 1.82) is 0 Å². The summed E-state index contributed by atoms with van der Waals surface area (Å²) in [7, 11) is 2.03. The smallest absolute Gasteiger partial charge is 0.0955 e. The molecule has 1 aromatic carbocycles. The van der Waals surface area contributed by atoms with Gasteiger partial charge in [0.15, 0.2) is 0 Å². The van der Waals surface area contributed by atoms with Crippen molar-refractivity contribution in [2.45, 2.75) is 39.2 Å². The van der Waals surface area contributed by atoms with Gasteiger partial charge in [-0.15, -0.1) is 0 Å². The Morgan fingerprint density at radius 1 is 1.28 bits per heavy atom. The molecule has 0 unspecified atom stereocenters. The summed E-state index contributed by atoms with van der Waals surface area (Å²) >= 11 is 0. The second-order valence-corrected chi connectivity index (χ2v) is 5.24. The van der Waals surface area contributed by atoms with Gasteiger partial charge in [-0.1, -0.05) is 19.9 Å². The average Bonchev–Trinajstić information content (AvgIpc) is 2.70. The highest BCUT2D eigenvalue weighted by Gasteiger charge is 2.01. The Balaban J connectivity index is 1.84. The molecule has 2 rings (SSSR count). The van der Waals surface area contributed by atoms with Crippen LogP contribution < -0.4 is 5.32 Å². The third-order valence-corrected chi connectivity index (χ3v) is 3.23. The van der Waals surface area contributed by atoms with Gasteiger partial charge < -0.3 is 9.88 Å². The molecule has 1 heterocycles. The zero-order valence-electron chi connectivity index (χ0n) is 11.6. The highest BCUT2D eigenvalue weighted by atomic mass is 15.0. The fourth-order valence-electron chi connectivity index (χ4n) is 2.18. The lowest BCUT2D eigenvalue weighted by atomic mass is 10.1. The van der Waals surface area contributed by atoms with Crippen molar-refractivity contribution in [3.63, 3.8) is 0 Å². The van der Waals surface area contributed by atoms with Gasteiger partial charge >= 0.3 is 0 Å². The molecule has 0 saturated carbocycles. The molecule has 3 nitrogen and oxygen atoms in total. The molecule has 3 heteroatoms. The van der Waals surface area contributed by atoms with E-state index in [-0.39, 0.29) is 0 Å². The van der Waals surface area contributed by atoms with Crippen LogP contribution in [0.3, 0.4) is 0 Å². The summed E-state index contributed by atoms with van der Waals surface area (Å²) in [6, 6.07) is 7.20. The fraction of sp³-hybridized carbons (Fsp3) is 0.533. The van der Waals surface area contributed by atoms with E-state index in [2.05, 4.69) is 46.9 Å². The minimum Gasteiger partial charge on any atom is -0.334 e. The van der Waals surface area contributed by atoms with E-state index in [4.69, 9.17) is 0 Å². The molecule has 0 aliphatic heterocycles. The number of hydrogen-bond donors (Lipinski definition) is 1. The summed E-state index contributed by atoms with van der Waals surface area (Å²) in [4.78, 5) is 4.40. The maximum atomic E-state index is 4.40. The van der Waals surface area contributed by atoms with Crippen LogP contribution in [0.1, 0.15) is 32.3 Å².